The van der Waals surface area contributed by atoms with Crippen molar-refractivity contribution in [2.75, 3.05) is 16.0 Å². The minimum Gasteiger partial charge on any atom is -0.456 e. The monoisotopic (exact) mass is 1460 g/mol. The summed E-state index contributed by atoms with van der Waals surface area (Å²) in [6.07, 6.45) is 0. The number of fused-ring (bicyclic) bond motifs is 18. The van der Waals surface area contributed by atoms with Crippen LogP contribution in [-0.2, 0) is 16.2 Å². The van der Waals surface area contributed by atoms with Gasteiger partial charge in [0.05, 0.1) is 33.2 Å². The Kier molecular flexibility index (Phi) is 17.4. The molecule has 3 aromatic heterocycles. The van der Waals surface area contributed by atoms with Gasteiger partial charge in [-0.25, -0.2) is 0 Å². The number of rotatable bonds is 5. The van der Waals surface area contributed by atoms with E-state index in [1.54, 1.807) is 18.2 Å². The summed E-state index contributed by atoms with van der Waals surface area (Å²) in [5.41, 5.74) is 33.6. The van der Waals surface area contributed by atoms with Gasteiger partial charge in [0.15, 0.2) is 0 Å². The number of benzene rings is 14. The highest BCUT2D eigenvalue weighted by Crippen LogP contribution is 2.57. The van der Waals surface area contributed by atoms with E-state index in [1.807, 2.05) is 109 Å². The van der Waals surface area contributed by atoms with E-state index in [0.717, 1.165) is 99.9 Å². The number of hydrogen-bond donors (Lipinski definition) is 2. The first-order valence-electron chi connectivity index (χ1n) is 34.5. The molecule has 0 bridgehead atoms. The highest BCUT2D eigenvalue weighted by Gasteiger charge is 2.40. The molecule has 10 heteroatoms. The predicted molar refractivity (Wildman–Crippen MR) is 438 cm³/mol. The van der Waals surface area contributed by atoms with Gasteiger partial charge in [0, 0.05) is 85.7 Å². The lowest BCUT2D eigenvalue weighted by molar-refractivity contribution is 0.660. The highest BCUT2D eigenvalue weighted by molar-refractivity contribution is 9.10. The maximum Gasteiger partial charge on any atom is 0.137 e. The first kappa shape index (κ1) is 66.8. The minimum absolute atomic E-state index is 0.00202. The van der Waals surface area contributed by atoms with Crippen molar-refractivity contribution >= 4 is 151 Å². The summed E-state index contributed by atoms with van der Waals surface area (Å²) in [5, 5.41) is 12.4. The van der Waals surface area contributed by atoms with Crippen LogP contribution in [0.4, 0.5) is 34.1 Å². The third-order valence-corrected chi connectivity index (χ3v) is 21.9. The van der Waals surface area contributed by atoms with Gasteiger partial charge >= 0.3 is 0 Å². The van der Waals surface area contributed by atoms with E-state index in [0.29, 0.717) is 15.1 Å². The molecule has 0 unspecified atom stereocenters. The van der Waals surface area contributed by atoms with Gasteiger partial charge < -0.3 is 29.2 Å². The largest absolute Gasteiger partial charge is 0.456 e. The van der Waals surface area contributed by atoms with E-state index in [-0.39, 0.29) is 16.2 Å². The quantitative estimate of drug-likeness (QED) is 0.167. The van der Waals surface area contributed by atoms with Gasteiger partial charge in [-0.2, -0.15) is 0 Å². The number of anilines is 6. The van der Waals surface area contributed by atoms with Crippen molar-refractivity contribution < 1.29 is 13.3 Å². The topological polar surface area (TPSA) is 80.7 Å². The van der Waals surface area contributed by atoms with E-state index < -0.39 is 0 Å². The van der Waals surface area contributed by atoms with Crippen molar-refractivity contribution in [1.82, 2.24) is 0 Å². The maximum absolute atomic E-state index is 6.55. The number of hydrogen-bond acceptors (Lipinski definition) is 6. The average Bonchev–Trinajstić information content (AvgIpc) is 1.58. The Morgan fingerprint density at radius 1 is 0.320 bits per heavy atom. The number of furan rings is 3. The molecule has 0 amide bonds. The molecule has 17 aromatic rings. The van der Waals surface area contributed by atoms with Crippen LogP contribution in [0.3, 0.4) is 0 Å². The lowest BCUT2D eigenvalue weighted by Gasteiger charge is -2.29. The highest BCUT2D eigenvalue weighted by atomic mass is 79.9. The van der Waals surface area contributed by atoms with Crippen LogP contribution >= 0.6 is 50.7 Å². The Morgan fingerprint density at radius 3 is 1.25 bits per heavy atom. The fourth-order valence-electron chi connectivity index (χ4n) is 15.7. The van der Waals surface area contributed by atoms with Crippen LogP contribution in [0.15, 0.2) is 321 Å². The number of nitrogens with two attached hydrogens (primary N) is 1. The molecule has 3 aliphatic carbocycles. The Hall–Kier alpha value is -10.8. The molecule has 0 atom stereocenters. The van der Waals surface area contributed by atoms with Crippen LogP contribution in [0.25, 0.3) is 99.2 Å². The van der Waals surface area contributed by atoms with Crippen LogP contribution in [-0.4, -0.2) is 0 Å². The van der Waals surface area contributed by atoms with E-state index >= 15 is 0 Å². The van der Waals surface area contributed by atoms with E-state index in [2.05, 4.69) is 244 Å². The molecule has 0 radical (unpaired) electrons. The molecular weight excluding hydrogens is 1390 g/mol. The first-order chi connectivity index (χ1) is 49.9. The second-order valence-electron chi connectivity index (χ2n) is 27.8. The fourth-order valence-corrected chi connectivity index (χ4v) is 16.9. The summed E-state index contributed by atoms with van der Waals surface area (Å²) in [5.74, 6) is 0. The standard InChI is InChI=1S/C33H24ClNO.C27H21NO.C15H13Br.C12H9NO.C6H4Cl2/c1-33(2)25-14-5-3-12-23(25)31-26(33)15-8-16-27(31)35(22-11-7-10-21(34)20-22)28-17-9-19-30-32(28)24-13-4-6-18-29(24)36-30;1-27(2)19-11-5-3-9-17(19)25-20(27)12-7-13-21(25)28-22-14-8-16-24-26(22)18-10-4-6-15-23(18)29-24;1-15(2)11-7-4-3-6-10(11)14-12(15)8-5-9-13(14)16;13-9-5-3-7-11-12(9)8-4-1-2-6-10(8)14-11;7-5-2-1-3-6(8)4-5/h3-20H,1-2H3;3-16,28H,1-2H3;3-9H,1-2H3;1-7H,13H2;1-4H. The number of nitrogen functional groups attached to an aromatic ring is 1. The molecule has 0 saturated carbocycles. The second kappa shape index (κ2) is 26.9. The molecule has 0 aliphatic heterocycles. The zero-order chi connectivity index (χ0) is 70.9. The molecular formula is C93H71BrCl3N3O3. The molecule has 504 valence electrons. The number of halogens is 4. The molecule has 3 aliphatic rings. The molecule has 0 saturated heterocycles. The van der Waals surface area contributed by atoms with Crippen LogP contribution in [0.2, 0.25) is 15.1 Å². The zero-order valence-corrected chi connectivity index (χ0v) is 61.5. The van der Waals surface area contributed by atoms with Crippen molar-refractivity contribution in [1.29, 1.82) is 0 Å². The van der Waals surface area contributed by atoms with Crippen molar-refractivity contribution in [3.63, 3.8) is 0 Å². The summed E-state index contributed by atoms with van der Waals surface area (Å²) in [6.45, 7) is 13.8. The Labute approximate surface area is 622 Å². The molecule has 14 aromatic carbocycles. The van der Waals surface area contributed by atoms with Crippen LogP contribution in [0, 0.1) is 0 Å². The van der Waals surface area contributed by atoms with Gasteiger partial charge in [-0.15, -0.1) is 0 Å². The molecule has 20 rings (SSSR count). The predicted octanol–water partition coefficient (Wildman–Crippen LogP) is 28.6. The Morgan fingerprint density at radius 2 is 0.689 bits per heavy atom. The summed E-state index contributed by atoms with van der Waals surface area (Å²) in [4.78, 5) is 2.34. The first-order valence-corrected chi connectivity index (χ1v) is 36.4. The van der Waals surface area contributed by atoms with E-state index in [4.69, 9.17) is 53.8 Å². The van der Waals surface area contributed by atoms with Gasteiger partial charge in [-0.3, -0.25) is 0 Å². The summed E-state index contributed by atoms with van der Waals surface area (Å²) in [7, 11) is 0. The van der Waals surface area contributed by atoms with Crippen molar-refractivity contribution in [2.24, 2.45) is 0 Å². The van der Waals surface area contributed by atoms with Gasteiger partial charge in [0.2, 0.25) is 0 Å². The maximum atomic E-state index is 6.55. The summed E-state index contributed by atoms with van der Waals surface area (Å²) in [6, 6.07) is 104. The van der Waals surface area contributed by atoms with E-state index in [9.17, 15) is 0 Å². The fraction of sp³-hybridized carbons (Fsp3) is 0.0968. The third-order valence-electron chi connectivity index (χ3n) is 20.6. The zero-order valence-electron chi connectivity index (χ0n) is 57.6. The molecule has 3 N–H and O–H groups in total. The number of para-hydroxylation sites is 3. The van der Waals surface area contributed by atoms with Crippen molar-refractivity contribution in [3.8, 4) is 33.4 Å². The third kappa shape index (κ3) is 11.9. The van der Waals surface area contributed by atoms with Crippen molar-refractivity contribution in [2.45, 2.75) is 57.8 Å². The normalized spacial score (nSPS) is 13.4. The molecule has 3 heterocycles. The number of nitrogens with one attached hydrogen (secondary N) is 1. The smallest absolute Gasteiger partial charge is 0.137 e. The SMILES string of the molecule is CC1(C)c2ccccc2-c2c(Br)cccc21.CC1(C)c2ccccc2-c2c(N(c3cccc(Cl)c3)c3cccc4oc5ccccc5c34)cccc21.CC1(C)c2ccccc2-c2c(Nc3cccc4oc5ccccc5c34)cccc21.Clc1cccc(Cl)c1.Nc1cccc2oc3ccccc3c12. The van der Waals surface area contributed by atoms with Crippen LogP contribution in [0.5, 0.6) is 0 Å². The average molecular weight is 1460 g/mol. The molecule has 0 fully saturated rings. The van der Waals surface area contributed by atoms with Gasteiger partial charge in [-0.05, 0) is 159 Å². The molecule has 103 heavy (non-hydrogen) atoms. The van der Waals surface area contributed by atoms with Crippen LogP contribution < -0.4 is 16.0 Å². The Bertz CT molecular complexity index is 6120. The lowest BCUT2D eigenvalue weighted by atomic mass is 9.82. The lowest BCUT2D eigenvalue weighted by Crippen LogP contribution is -2.16. The molecule has 0 spiro atoms. The second-order valence-corrected chi connectivity index (χ2v) is 30.0. The summed E-state index contributed by atoms with van der Waals surface area (Å²) < 4.78 is 19.2. The number of nitrogens with zero attached hydrogens (tertiary/aromatic N) is 1. The summed E-state index contributed by atoms with van der Waals surface area (Å²) >= 11 is 21.3. The Balaban J connectivity index is 0.000000108. The van der Waals surface area contributed by atoms with Crippen LogP contribution in [0.1, 0.15) is 74.9 Å². The van der Waals surface area contributed by atoms with Crippen molar-refractivity contribution in [3.05, 3.63) is 356 Å². The van der Waals surface area contributed by atoms with Gasteiger partial charge in [-0.1, -0.05) is 286 Å². The van der Waals surface area contributed by atoms with Gasteiger partial charge in [0.25, 0.3) is 0 Å². The van der Waals surface area contributed by atoms with E-state index in [1.165, 1.54) is 71.2 Å². The minimum atomic E-state index is -0.0870. The van der Waals surface area contributed by atoms with Gasteiger partial charge in [0.1, 0.15) is 33.5 Å². The molecule has 6 nitrogen and oxygen atoms in total.